The second-order valence-electron chi connectivity index (χ2n) is 5.98. The van der Waals surface area contributed by atoms with Gasteiger partial charge in [-0.3, -0.25) is 9.78 Å². The van der Waals surface area contributed by atoms with Crippen LogP contribution in [0.25, 0.3) is 10.6 Å². The van der Waals surface area contributed by atoms with Crippen LogP contribution in [0.15, 0.2) is 30.7 Å². The van der Waals surface area contributed by atoms with Gasteiger partial charge in [-0.05, 0) is 44.0 Å². The molecule has 0 spiro atoms. The summed E-state index contributed by atoms with van der Waals surface area (Å²) in [6, 6.07) is 4.11. The fourth-order valence-electron chi connectivity index (χ4n) is 3.38. The highest BCUT2D eigenvalue weighted by molar-refractivity contribution is 7.16. The third-order valence-corrected chi connectivity index (χ3v) is 5.67. The van der Waals surface area contributed by atoms with Crippen molar-refractivity contribution in [3.63, 3.8) is 0 Å². The number of nitrogens with zero attached hydrogens (tertiary/aromatic N) is 3. The topological polar surface area (TPSA) is 58.1 Å². The van der Waals surface area contributed by atoms with Gasteiger partial charge in [0, 0.05) is 30.5 Å². The van der Waals surface area contributed by atoms with Gasteiger partial charge in [-0.1, -0.05) is 0 Å². The lowest BCUT2D eigenvalue weighted by Crippen LogP contribution is -2.57. The fraction of sp³-hybridized carbons (Fsp3) is 0.438. The number of piperidine rings is 3. The molecule has 0 aromatic carbocycles. The summed E-state index contributed by atoms with van der Waals surface area (Å²) >= 11 is 1.44. The summed E-state index contributed by atoms with van der Waals surface area (Å²) < 4.78 is 0. The minimum Gasteiger partial charge on any atom is -0.347 e. The van der Waals surface area contributed by atoms with Gasteiger partial charge in [0.1, 0.15) is 9.88 Å². The molecule has 1 amide bonds. The van der Waals surface area contributed by atoms with Crippen molar-refractivity contribution in [2.75, 3.05) is 19.6 Å². The Kier molecular flexibility index (Phi) is 3.63. The number of pyridine rings is 1. The number of rotatable bonds is 3. The van der Waals surface area contributed by atoms with Crippen LogP contribution in [0.1, 0.15) is 22.5 Å². The zero-order valence-electron chi connectivity index (χ0n) is 12.2. The van der Waals surface area contributed by atoms with E-state index >= 15 is 0 Å². The minimum atomic E-state index is 0.0107. The van der Waals surface area contributed by atoms with Gasteiger partial charge in [0.2, 0.25) is 0 Å². The van der Waals surface area contributed by atoms with E-state index in [4.69, 9.17) is 0 Å². The summed E-state index contributed by atoms with van der Waals surface area (Å²) in [4.78, 5) is 24.0. The van der Waals surface area contributed by atoms with E-state index in [1.54, 1.807) is 18.6 Å². The first kappa shape index (κ1) is 13.8. The number of carbonyl (C=O) groups is 1. The van der Waals surface area contributed by atoms with Crippen molar-refractivity contribution in [3.8, 4) is 10.6 Å². The molecule has 0 saturated carbocycles. The Balaban J connectivity index is 1.46. The van der Waals surface area contributed by atoms with E-state index in [1.165, 1.54) is 37.3 Å². The molecule has 1 atom stereocenters. The predicted octanol–water partition coefficient (Wildman–Crippen LogP) is 2.03. The van der Waals surface area contributed by atoms with E-state index in [2.05, 4.69) is 20.2 Å². The summed E-state index contributed by atoms with van der Waals surface area (Å²) in [5.41, 5.74) is 1.00. The van der Waals surface area contributed by atoms with Crippen LogP contribution < -0.4 is 5.32 Å². The van der Waals surface area contributed by atoms with Gasteiger partial charge in [-0.25, -0.2) is 4.98 Å². The standard InChI is InChI=1S/C16H18N4OS/c21-15(19-13-10-20-7-3-11(13)4-8-20)14-9-18-16(22-14)12-1-5-17-6-2-12/h1-2,5-6,9,11,13H,3-4,7-8,10H2,(H,19,21). The summed E-state index contributed by atoms with van der Waals surface area (Å²) in [5, 5.41) is 4.07. The molecule has 114 valence electrons. The number of thiazole rings is 1. The molecule has 22 heavy (non-hydrogen) atoms. The lowest BCUT2D eigenvalue weighted by molar-refractivity contribution is 0.0622. The molecule has 5 nitrogen and oxygen atoms in total. The summed E-state index contributed by atoms with van der Waals surface area (Å²) in [6.07, 6.45) is 7.57. The summed E-state index contributed by atoms with van der Waals surface area (Å²) in [6.45, 7) is 3.36. The zero-order chi connectivity index (χ0) is 14.9. The zero-order valence-corrected chi connectivity index (χ0v) is 13.1. The van der Waals surface area contributed by atoms with Gasteiger partial charge in [0.05, 0.1) is 6.20 Å². The Labute approximate surface area is 133 Å². The normalized spacial score (nSPS) is 26.8. The SMILES string of the molecule is O=C(NC1CN2CCC1CC2)c1cnc(-c2ccncc2)s1. The van der Waals surface area contributed by atoms with Crippen LogP contribution in [0.3, 0.4) is 0 Å². The highest BCUT2D eigenvalue weighted by atomic mass is 32.1. The van der Waals surface area contributed by atoms with E-state index in [-0.39, 0.29) is 5.91 Å². The Morgan fingerprint density at radius 2 is 2.05 bits per heavy atom. The third kappa shape index (κ3) is 2.64. The minimum absolute atomic E-state index is 0.0107. The van der Waals surface area contributed by atoms with Crippen molar-refractivity contribution < 1.29 is 4.79 Å². The molecular weight excluding hydrogens is 296 g/mol. The number of nitrogens with one attached hydrogen (secondary N) is 1. The molecule has 3 fully saturated rings. The molecule has 3 aliphatic heterocycles. The highest BCUT2D eigenvalue weighted by Gasteiger charge is 2.35. The quantitative estimate of drug-likeness (QED) is 0.942. The Bertz CT molecular complexity index is 664. The van der Waals surface area contributed by atoms with Crippen LogP contribution in [-0.2, 0) is 0 Å². The molecule has 2 aromatic heterocycles. The van der Waals surface area contributed by atoms with Gasteiger partial charge in [-0.15, -0.1) is 11.3 Å². The predicted molar refractivity (Wildman–Crippen MR) is 85.8 cm³/mol. The maximum Gasteiger partial charge on any atom is 0.263 e. The van der Waals surface area contributed by atoms with Gasteiger partial charge >= 0.3 is 0 Å². The van der Waals surface area contributed by atoms with Crippen LogP contribution >= 0.6 is 11.3 Å². The molecule has 0 aliphatic carbocycles. The number of carbonyl (C=O) groups excluding carboxylic acids is 1. The van der Waals surface area contributed by atoms with E-state index in [1.807, 2.05) is 12.1 Å². The van der Waals surface area contributed by atoms with Crippen LogP contribution in [0.2, 0.25) is 0 Å². The molecule has 3 saturated heterocycles. The summed E-state index contributed by atoms with van der Waals surface area (Å²) in [7, 11) is 0. The average molecular weight is 314 g/mol. The van der Waals surface area contributed by atoms with Crippen molar-refractivity contribution in [2.24, 2.45) is 5.92 Å². The number of aromatic nitrogens is 2. The number of hydrogen-bond donors (Lipinski definition) is 1. The maximum atomic E-state index is 12.5. The first-order valence-electron chi connectivity index (χ1n) is 7.69. The lowest BCUT2D eigenvalue weighted by Gasteiger charge is -2.44. The van der Waals surface area contributed by atoms with Crippen LogP contribution in [0.5, 0.6) is 0 Å². The lowest BCUT2D eigenvalue weighted by atomic mass is 9.84. The van der Waals surface area contributed by atoms with Crippen molar-refractivity contribution in [2.45, 2.75) is 18.9 Å². The van der Waals surface area contributed by atoms with E-state index in [0.29, 0.717) is 16.8 Å². The Morgan fingerprint density at radius 1 is 1.27 bits per heavy atom. The number of fused-ring (bicyclic) bond motifs is 3. The molecule has 2 bridgehead atoms. The highest BCUT2D eigenvalue weighted by Crippen LogP contribution is 2.29. The van der Waals surface area contributed by atoms with Gasteiger partial charge in [0.15, 0.2) is 0 Å². The fourth-order valence-corrected chi connectivity index (χ4v) is 4.20. The van der Waals surface area contributed by atoms with E-state index in [0.717, 1.165) is 17.1 Å². The monoisotopic (exact) mass is 314 g/mol. The van der Waals surface area contributed by atoms with E-state index < -0.39 is 0 Å². The smallest absolute Gasteiger partial charge is 0.263 e. The van der Waals surface area contributed by atoms with Crippen LogP contribution in [0, 0.1) is 5.92 Å². The van der Waals surface area contributed by atoms with Gasteiger partial charge in [-0.2, -0.15) is 0 Å². The van der Waals surface area contributed by atoms with Crippen molar-refractivity contribution in [1.29, 1.82) is 0 Å². The first-order chi connectivity index (χ1) is 10.8. The second kappa shape index (κ2) is 5.78. The molecule has 0 radical (unpaired) electrons. The molecule has 2 aromatic rings. The molecule has 1 N–H and O–H groups in total. The Hall–Kier alpha value is -1.79. The average Bonchev–Trinajstić information content (AvgIpc) is 3.07. The molecular formula is C16H18N4OS. The van der Waals surface area contributed by atoms with Crippen LogP contribution in [0.4, 0.5) is 0 Å². The first-order valence-corrected chi connectivity index (χ1v) is 8.51. The van der Waals surface area contributed by atoms with E-state index in [9.17, 15) is 4.79 Å². The number of hydrogen-bond acceptors (Lipinski definition) is 5. The largest absolute Gasteiger partial charge is 0.347 e. The summed E-state index contributed by atoms with van der Waals surface area (Å²) in [5.74, 6) is 0.651. The molecule has 5 rings (SSSR count). The molecule has 3 aliphatic rings. The maximum absolute atomic E-state index is 12.5. The van der Waals surface area contributed by atoms with Crippen molar-refractivity contribution in [1.82, 2.24) is 20.2 Å². The number of amides is 1. The van der Waals surface area contributed by atoms with Crippen molar-refractivity contribution in [3.05, 3.63) is 35.6 Å². The molecule has 5 heterocycles. The van der Waals surface area contributed by atoms with Crippen LogP contribution in [-0.4, -0.2) is 46.5 Å². The third-order valence-electron chi connectivity index (χ3n) is 4.63. The molecule has 6 heteroatoms. The van der Waals surface area contributed by atoms with Crippen molar-refractivity contribution >= 4 is 17.2 Å². The Morgan fingerprint density at radius 3 is 2.73 bits per heavy atom. The van der Waals surface area contributed by atoms with Gasteiger partial charge < -0.3 is 10.2 Å². The molecule has 1 unspecified atom stereocenters. The second-order valence-corrected chi connectivity index (χ2v) is 7.01. The van der Waals surface area contributed by atoms with Gasteiger partial charge in [0.25, 0.3) is 5.91 Å².